The highest BCUT2D eigenvalue weighted by atomic mass is 14.3. The molecule has 0 nitrogen and oxygen atoms in total. The topological polar surface area (TPSA) is 0 Å². The molecule has 0 fully saturated rings. The zero-order valence-electron chi connectivity index (χ0n) is 14.2. The van der Waals surface area contributed by atoms with E-state index in [1.54, 1.807) is 16.7 Å². The number of benzene rings is 2. The van der Waals surface area contributed by atoms with Crippen molar-refractivity contribution in [3.63, 3.8) is 0 Å². The summed E-state index contributed by atoms with van der Waals surface area (Å²) in [4.78, 5) is 0. The van der Waals surface area contributed by atoms with Gasteiger partial charge >= 0.3 is 0 Å². The second kappa shape index (κ2) is 5.85. The molecule has 0 saturated carbocycles. The van der Waals surface area contributed by atoms with Crippen LogP contribution in [0.1, 0.15) is 54.0 Å². The number of allylic oxidation sites excluding steroid dienone is 4. The molecule has 0 heterocycles. The van der Waals surface area contributed by atoms with Crippen LogP contribution in [-0.2, 0) is 12.8 Å². The van der Waals surface area contributed by atoms with Gasteiger partial charge in [0.05, 0.1) is 0 Å². The van der Waals surface area contributed by atoms with Gasteiger partial charge in [0.15, 0.2) is 0 Å². The van der Waals surface area contributed by atoms with Gasteiger partial charge in [0.25, 0.3) is 0 Å². The largest absolute Gasteiger partial charge is 0.0801 e. The Hall–Kier alpha value is -2.08. The van der Waals surface area contributed by atoms with Crippen molar-refractivity contribution in [1.82, 2.24) is 0 Å². The number of hydrogen-bond donors (Lipinski definition) is 0. The maximum Gasteiger partial charge on any atom is -0.000720 e. The highest BCUT2D eigenvalue weighted by Crippen LogP contribution is 2.44. The lowest BCUT2D eigenvalue weighted by molar-refractivity contribution is 0.792. The predicted molar refractivity (Wildman–Crippen MR) is 99.8 cm³/mol. The standard InChI is InChI=1S/C23H24/c1-3-4-9-18-13-14-20-21(23(18)17-10-5-6-11-17)15-19-12-7-8-16(2)22(19)20/h5-8,10,12-14H,3-4,9,11,15H2,1-2H3. The Balaban J connectivity index is 1.89. The zero-order chi connectivity index (χ0) is 15.8. The molecule has 23 heavy (non-hydrogen) atoms. The number of fused-ring (bicyclic) bond motifs is 3. The van der Waals surface area contributed by atoms with Crippen molar-refractivity contribution >= 4 is 5.57 Å². The van der Waals surface area contributed by atoms with E-state index in [-0.39, 0.29) is 0 Å². The minimum atomic E-state index is 1.09. The van der Waals surface area contributed by atoms with Crippen LogP contribution in [0.2, 0.25) is 0 Å². The minimum absolute atomic E-state index is 1.09. The van der Waals surface area contributed by atoms with E-state index in [9.17, 15) is 0 Å². The van der Waals surface area contributed by atoms with Crippen LogP contribution in [0.4, 0.5) is 0 Å². The van der Waals surface area contributed by atoms with Crippen LogP contribution in [0.5, 0.6) is 0 Å². The van der Waals surface area contributed by atoms with Crippen LogP contribution in [0.25, 0.3) is 16.7 Å². The summed E-state index contributed by atoms with van der Waals surface area (Å²) in [5.41, 5.74) is 12.0. The van der Waals surface area contributed by atoms with Crippen LogP contribution < -0.4 is 0 Å². The van der Waals surface area contributed by atoms with Crippen LogP contribution in [0.15, 0.2) is 48.6 Å². The Labute approximate surface area is 139 Å². The maximum atomic E-state index is 2.39. The minimum Gasteiger partial charge on any atom is -0.0801 e. The van der Waals surface area contributed by atoms with Crippen molar-refractivity contribution in [3.8, 4) is 11.1 Å². The smallest absolute Gasteiger partial charge is 0.000720 e. The second-order valence-electron chi connectivity index (χ2n) is 6.84. The molecule has 0 radical (unpaired) electrons. The summed E-state index contributed by atoms with van der Waals surface area (Å²) in [6.45, 7) is 4.53. The Kier molecular flexibility index (Phi) is 3.69. The molecule has 0 amide bonds. The van der Waals surface area contributed by atoms with Crippen molar-refractivity contribution < 1.29 is 0 Å². The Morgan fingerprint density at radius 1 is 1.04 bits per heavy atom. The molecule has 116 valence electrons. The lowest BCUT2D eigenvalue weighted by atomic mass is 9.88. The summed E-state index contributed by atoms with van der Waals surface area (Å²) in [5.74, 6) is 0. The molecular weight excluding hydrogens is 276 g/mol. The monoisotopic (exact) mass is 300 g/mol. The van der Waals surface area contributed by atoms with E-state index in [2.05, 4.69) is 62.4 Å². The van der Waals surface area contributed by atoms with E-state index in [4.69, 9.17) is 0 Å². The van der Waals surface area contributed by atoms with Crippen molar-refractivity contribution in [2.75, 3.05) is 0 Å². The average Bonchev–Trinajstić information content (AvgIpc) is 3.20. The number of unbranched alkanes of at least 4 members (excludes halogenated alkanes) is 1. The van der Waals surface area contributed by atoms with E-state index in [1.807, 2.05) is 0 Å². The van der Waals surface area contributed by atoms with E-state index in [0.29, 0.717) is 0 Å². The molecule has 0 spiro atoms. The van der Waals surface area contributed by atoms with Crippen LogP contribution in [0, 0.1) is 6.92 Å². The Morgan fingerprint density at radius 2 is 1.96 bits per heavy atom. The van der Waals surface area contributed by atoms with Gasteiger partial charge < -0.3 is 0 Å². The Morgan fingerprint density at radius 3 is 2.74 bits per heavy atom. The number of rotatable bonds is 4. The molecule has 4 rings (SSSR count). The first-order chi connectivity index (χ1) is 11.3. The molecular formula is C23H24. The van der Waals surface area contributed by atoms with E-state index in [0.717, 1.165) is 12.8 Å². The maximum absolute atomic E-state index is 2.39. The zero-order valence-corrected chi connectivity index (χ0v) is 14.2. The highest BCUT2D eigenvalue weighted by molar-refractivity contribution is 5.87. The number of hydrogen-bond acceptors (Lipinski definition) is 0. The summed E-state index contributed by atoms with van der Waals surface area (Å²) in [6.07, 6.45) is 12.7. The molecule has 0 aliphatic heterocycles. The molecule has 2 aliphatic rings. The normalized spacial score (nSPS) is 14.8. The highest BCUT2D eigenvalue weighted by Gasteiger charge is 2.25. The molecule has 2 aromatic carbocycles. The molecule has 0 unspecified atom stereocenters. The third kappa shape index (κ3) is 2.37. The molecule has 0 saturated heterocycles. The summed E-state index contributed by atoms with van der Waals surface area (Å²) in [7, 11) is 0. The van der Waals surface area contributed by atoms with Gasteiger partial charge in [0.1, 0.15) is 0 Å². The van der Waals surface area contributed by atoms with E-state index in [1.165, 1.54) is 47.1 Å². The van der Waals surface area contributed by atoms with Gasteiger partial charge in [0, 0.05) is 0 Å². The first-order valence-corrected chi connectivity index (χ1v) is 8.89. The van der Waals surface area contributed by atoms with Crippen LogP contribution >= 0.6 is 0 Å². The summed E-state index contributed by atoms with van der Waals surface area (Å²) in [5, 5.41) is 0. The molecule has 2 aliphatic carbocycles. The Bertz CT molecular complexity index is 818. The van der Waals surface area contributed by atoms with Crippen molar-refractivity contribution in [2.45, 2.75) is 46.0 Å². The molecule has 0 bridgehead atoms. The quantitative estimate of drug-likeness (QED) is 0.534. The van der Waals surface area contributed by atoms with Crippen LogP contribution in [-0.4, -0.2) is 0 Å². The third-order valence-electron chi connectivity index (χ3n) is 5.29. The molecule has 0 atom stereocenters. The third-order valence-corrected chi connectivity index (χ3v) is 5.29. The lowest BCUT2D eigenvalue weighted by Crippen LogP contribution is -1.99. The number of aryl methyl sites for hydroxylation is 2. The van der Waals surface area contributed by atoms with Gasteiger partial charge in [-0.15, -0.1) is 0 Å². The first kappa shape index (κ1) is 14.5. The SMILES string of the molecule is CCCCc1ccc2c(c1C1=CC=CC1)Cc1cccc(C)c1-2. The van der Waals surface area contributed by atoms with Gasteiger partial charge in [-0.2, -0.15) is 0 Å². The first-order valence-electron chi connectivity index (χ1n) is 8.89. The summed E-state index contributed by atoms with van der Waals surface area (Å²) < 4.78 is 0. The fourth-order valence-electron chi connectivity index (χ4n) is 4.17. The van der Waals surface area contributed by atoms with Crippen molar-refractivity contribution in [1.29, 1.82) is 0 Å². The van der Waals surface area contributed by atoms with Gasteiger partial charge in [-0.1, -0.05) is 61.9 Å². The second-order valence-corrected chi connectivity index (χ2v) is 6.84. The average molecular weight is 300 g/mol. The molecule has 0 N–H and O–H groups in total. The lowest BCUT2D eigenvalue weighted by Gasteiger charge is -2.16. The van der Waals surface area contributed by atoms with Crippen molar-refractivity contribution in [2.24, 2.45) is 0 Å². The van der Waals surface area contributed by atoms with E-state index < -0.39 is 0 Å². The molecule has 0 heteroatoms. The summed E-state index contributed by atoms with van der Waals surface area (Å²) in [6, 6.07) is 11.5. The van der Waals surface area contributed by atoms with Crippen LogP contribution in [0.3, 0.4) is 0 Å². The van der Waals surface area contributed by atoms with E-state index >= 15 is 0 Å². The molecule has 0 aromatic heterocycles. The van der Waals surface area contributed by atoms with Gasteiger partial charge in [0.2, 0.25) is 0 Å². The van der Waals surface area contributed by atoms with Crippen molar-refractivity contribution in [3.05, 3.63) is 76.4 Å². The predicted octanol–water partition coefficient (Wildman–Crippen LogP) is 6.25. The molecule has 2 aromatic rings. The van der Waals surface area contributed by atoms with Gasteiger partial charge in [-0.05, 0) is 77.1 Å². The summed E-state index contributed by atoms with van der Waals surface area (Å²) >= 11 is 0. The van der Waals surface area contributed by atoms with Gasteiger partial charge in [-0.25, -0.2) is 0 Å². The fourth-order valence-corrected chi connectivity index (χ4v) is 4.17. The van der Waals surface area contributed by atoms with Gasteiger partial charge in [-0.3, -0.25) is 0 Å². The fraction of sp³-hybridized carbons (Fsp3) is 0.304.